The Morgan fingerprint density at radius 2 is 1.91 bits per heavy atom. The molecule has 0 saturated carbocycles. The molecule has 1 saturated heterocycles. The molecule has 5 nitrogen and oxygen atoms in total. The van der Waals surface area contributed by atoms with E-state index in [1.807, 2.05) is 20.8 Å². The van der Waals surface area contributed by atoms with Gasteiger partial charge >= 0.3 is 6.18 Å². The van der Waals surface area contributed by atoms with Crippen LogP contribution in [0.1, 0.15) is 86.1 Å². The fourth-order valence-electron chi connectivity index (χ4n) is 5.67. The summed E-state index contributed by atoms with van der Waals surface area (Å²) in [4.78, 5) is 11.6. The largest absolute Gasteiger partial charge is 0.417 e. The van der Waals surface area contributed by atoms with Gasteiger partial charge < -0.3 is 15.7 Å². The number of alkyl halides is 3. The number of piperidine rings is 1. The Morgan fingerprint density at radius 1 is 1.23 bits per heavy atom. The maximum absolute atomic E-state index is 15.3. The van der Waals surface area contributed by atoms with Gasteiger partial charge in [0.05, 0.1) is 22.5 Å². The van der Waals surface area contributed by atoms with Gasteiger partial charge in [-0.25, -0.2) is 14.4 Å². The van der Waals surface area contributed by atoms with E-state index in [1.165, 1.54) is 6.92 Å². The molecule has 1 fully saturated rings. The number of anilines is 2. The summed E-state index contributed by atoms with van der Waals surface area (Å²) in [7, 11) is 0. The average Bonchev–Trinajstić information content (AvgIpc) is 2.73. The Hall–Kier alpha value is -2.42. The molecule has 35 heavy (non-hydrogen) atoms. The first kappa shape index (κ1) is 25.7. The number of rotatable bonds is 3. The molecule has 0 amide bonds. The Kier molecular flexibility index (Phi) is 6.53. The van der Waals surface area contributed by atoms with Crippen molar-refractivity contribution in [2.24, 2.45) is 5.92 Å². The molecule has 0 spiro atoms. The first-order valence-corrected chi connectivity index (χ1v) is 12.2. The number of β-amino-alcohol motifs (C(OH)–C–C–N with tert-alkyl or cyclic N) is 1. The van der Waals surface area contributed by atoms with Gasteiger partial charge in [0.25, 0.3) is 0 Å². The second kappa shape index (κ2) is 8.91. The van der Waals surface area contributed by atoms with Crippen LogP contribution in [0.5, 0.6) is 0 Å². The number of hydrogen-bond donors (Lipinski definition) is 2. The van der Waals surface area contributed by atoms with Crippen molar-refractivity contribution in [3.8, 4) is 0 Å². The van der Waals surface area contributed by atoms with Crippen molar-refractivity contribution in [1.29, 1.82) is 0 Å². The van der Waals surface area contributed by atoms with Crippen LogP contribution in [0.4, 0.5) is 29.1 Å². The Bertz CT molecular complexity index is 1130. The minimum Gasteiger partial charge on any atom is -0.396 e. The number of halogens is 4. The van der Waals surface area contributed by atoms with Crippen LogP contribution in [0.3, 0.4) is 0 Å². The lowest BCUT2D eigenvalue weighted by Crippen LogP contribution is -2.47. The number of nitrogens with two attached hydrogens (primary N) is 1. The van der Waals surface area contributed by atoms with Crippen molar-refractivity contribution in [3.05, 3.63) is 45.7 Å². The number of benzene rings is 1. The smallest absolute Gasteiger partial charge is 0.396 e. The van der Waals surface area contributed by atoms with Crippen LogP contribution >= 0.6 is 0 Å². The molecule has 0 radical (unpaired) electrons. The molecule has 0 bridgehead atoms. The monoisotopic (exact) mass is 494 g/mol. The number of aromatic nitrogens is 2. The zero-order valence-electron chi connectivity index (χ0n) is 20.9. The van der Waals surface area contributed by atoms with Gasteiger partial charge in [0, 0.05) is 30.1 Å². The van der Waals surface area contributed by atoms with E-state index in [0.29, 0.717) is 30.9 Å². The number of nitrogens with zero attached hydrogens (tertiary/aromatic N) is 3. The maximum atomic E-state index is 15.3. The summed E-state index contributed by atoms with van der Waals surface area (Å²) in [5.41, 5.74) is 4.83. The van der Waals surface area contributed by atoms with Crippen LogP contribution < -0.4 is 10.6 Å². The van der Waals surface area contributed by atoms with Crippen molar-refractivity contribution < 1.29 is 22.7 Å². The molecular weight excluding hydrogens is 460 g/mol. The quantitative estimate of drug-likeness (QED) is 0.434. The molecule has 2 unspecified atom stereocenters. The number of nitrogen functional groups attached to an aromatic ring is 1. The van der Waals surface area contributed by atoms with E-state index in [2.05, 4.69) is 4.90 Å². The average molecular weight is 495 g/mol. The third-order valence-electron chi connectivity index (χ3n) is 7.39. The highest BCUT2D eigenvalue weighted by Crippen LogP contribution is 2.47. The second-order valence-electron chi connectivity index (χ2n) is 10.9. The van der Waals surface area contributed by atoms with E-state index in [-0.39, 0.29) is 35.1 Å². The standard InChI is InChI=1S/C26H34F4N4O/c1-13(2)23-32-19-11-16(20-21(26(28,29)30)15(4)10-18(31)22(20)27)14(3)9-17(19)24(33-23)34-8-6-7-25(5,35)12-34/h10,13-14,16,35H,6-9,11-12,31H2,1-5H3/t14?,16?,25-/m1/s1. The van der Waals surface area contributed by atoms with Crippen molar-refractivity contribution in [3.63, 3.8) is 0 Å². The third-order valence-corrected chi connectivity index (χ3v) is 7.39. The molecule has 1 aliphatic heterocycles. The van der Waals surface area contributed by atoms with Crippen molar-refractivity contribution in [2.75, 3.05) is 23.7 Å². The third kappa shape index (κ3) is 4.84. The first-order valence-electron chi connectivity index (χ1n) is 12.2. The van der Waals surface area contributed by atoms with Gasteiger partial charge in [-0.3, -0.25) is 0 Å². The molecule has 3 N–H and O–H groups in total. The number of fused-ring (bicyclic) bond motifs is 1. The van der Waals surface area contributed by atoms with Crippen LogP contribution in [0.25, 0.3) is 0 Å². The Morgan fingerprint density at radius 3 is 2.51 bits per heavy atom. The van der Waals surface area contributed by atoms with Gasteiger partial charge in [0.15, 0.2) is 0 Å². The number of aliphatic hydroxyl groups is 1. The fourth-order valence-corrected chi connectivity index (χ4v) is 5.67. The summed E-state index contributed by atoms with van der Waals surface area (Å²) >= 11 is 0. The molecule has 2 aliphatic rings. The van der Waals surface area contributed by atoms with Crippen molar-refractivity contribution in [2.45, 2.75) is 83.9 Å². The van der Waals surface area contributed by atoms with E-state index in [4.69, 9.17) is 15.7 Å². The summed E-state index contributed by atoms with van der Waals surface area (Å²) in [6, 6.07) is 1.06. The van der Waals surface area contributed by atoms with Gasteiger partial charge in [0.2, 0.25) is 0 Å². The SMILES string of the molecule is Cc1cc(N)c(F)c(C2Cc3nc(C(C)C)nc(N4CCC[C@@](C)(O)C4)c3CC2C)c1C(F)(F)F. The summed E-state index contributed by atoms with van der Waals surface area (Å²) in [5.74, 6) is -0.680. The van der Waals surface area contributed by atoms with Crippen LogP contribution in [0.2, 0.25) is 0 Å². The lowest BCUT2D eigenvalue weighted by Gasteiger charge is -2.40. The lowest BCUT2D eigenvalue weighted by molar-refractivity contribution is -0.139. The van der Waals surface area contributed by atoms with Crippen LogP contribution in [-0.2, 0) is 19.0 Å². The van der Waals surface area contributed by atoms with E-state index < -0.39 is 29.1 Å². The van der Waals surface area contributed by atoms with E-state index in [1.54, 1.807) is 6.92 Å². The molecule has 1 aromatic heterocycles. The Balaban J connectivity index is 1.85. The fraction of sp³-hybridized carbons (Fsp3) is 0.615. The minimum absolute atomic E-state index is 0.000706. The van der Waals surface area contributed by atoms with Gasteiger partial charge in [0.1, 0.15) is 17.5 Å². The molecule has 1 aromatic carbocycles. The Labute approximate surface area is 203 Å². The molecular formula is C26H34F4N4O. The zero-order valence-corrected chi connectivity index (χ0v) is 20.9. The normalized spacial score (nSPS) is 25.2. The predicted octanol–water partition coefficient (Wildman–Crippen LogP) is 5.52. The van der Waals surface area contributed by atoms with Crippen LogP contribution in [0.15, 0.2) is 6.07 Å². The van der Waals surface area contributed by atoms with E-state index in [0.717, 1.165) is 30.4 Å². The van der Waals surface area contributed by atoms with Gasteiger partial charge in [-0.1, -0.05) is 20.8 Å². The summed E-state index contributed by atoms with van der Waals surface area (Å²) < 4.78 is 57.5. The topological polar surface area (TPSA) is 75.3 Å². The molecule has 3 atom stereocenters. The summed E-state index contributed by atoms with van der Waals surface area (Å²) in [6.07, 6.45) is -2.62. The predicted molar refractivity (Wildman–Crippen MR) is 128 cm³/mol. The summed E-state index contributed by atoms with van der Waals surface area (Å²) in [6.45, 7) is 10.1. The molecule has 2 aromatic rings. The lowest BCUT2D eigenvalue weighted by atomic mass is 9.73. The molecule has 9 heteroatoms. The van der Waals surface area contributed by atoms with Gasteiger partial charge in [-0.05, 0) is 63.0 Å². The van der Waals surface area contributed by atoms with E-state index >= 15 is 4.39 Å². The van der Waals surface area contributed by atoms with Gasteiger partial charge in [-0.2, -0.15) is 13.2 Å². The highest BCUT2D eigenvalue weighted by Gasteiger charge is 2.43. The minimum atomic E-state index is -4.70. The number of aryl methyl sites for hydroxylation is 1. The van der Waals surface area contributed by atoms with Crippen LogP contribution in [0, 0.1) is 18.7 Å². The molecule has 1 aliphatic carbocycles. The number of hydrogen-bond acceptors (Lipinski definition) is 5. The molecule has 2 heterocycles. The molecule has 4 rings (SSSR count). The maximum Gasteiger partial charge on any atom is 0.417 e. The van der Waals surface area contributed by atoms with Crippen LogP contribution in [-0.4, -0.2) is 33.8 Å². The van der Waals surface area contributed by atoms with E-state index in [9.17, 15) is 18.3 Å². The van der Waals surface area contributed by atoms with Crippen molar-refractivity contribution in [1.82, 2.24) is 9.97 Å². The second-order valence-corrected chi connectivity index (χ2v) is 10.9. The van der Waals surface area contributed by atoms with Crippen molar-refractivity contribution >= 4 is 11.5 Å². The van der Waals surface area contributed by atoms with Gasteiger partial charge in [-0.15, -0.1) is 0 Å². The highest BCUT2D eigenvalue weighted by atomic mass is 19.4. The highest BCUT2D eigenvalue weighted by molar-refractivity contribution is 5.56. The summed E-state index contributed by atoms with van der Waals surface area (Å²) in [5, 5.41) is 10.7. The molecule has 192 valence electrons. The first-order chi connectivity index (χ1) is 16.2. The zero-order chi connectivity index (χ0) is 25.9.